The molecule has 0 saturated heterocycles. The summed E-state index contributed by atoms with van der Waals surface area (Å²) in [6.07, 6.45) is 0. The van der Waals surface area contributed by atoms with Crippen LogP contribution in [-0.2, 0) is 0 Å². The Bertz CT molecular complexity index is 597. The van der Waals surface area contributed by atoms with Crippen LogP contribution in [0.2, 0.25) is 5.02 Å². The monoisotopic (exact) mass is 276 g/mol. The van der Waals surface area contributed by atoms with Crippen molar-refractivity contribution in [3.63, 3.8) is 0 Å². The highest BCUT2D eigenvalue weighted by molar-refractivity contribution is 6.30. The molecule has 0 heterocycles. The number of aromatic hydroxyl groups is 1. The van der Waals surface area contributed by atoms with E-state index < -0.39 is 6.03 Å². The standard InChI is InChI=1S/C14H13ClN2O2/c1-9-2-7-13(18)12(8-9)17-14(19)16-11-5-3-10(15)4-6-11/h2-8,18H,1H3,(H2,16,17,19). The lowest BCUT2D eigenvalue weighted by Gasteiger charge is -2.09. The number of anilines is 2. The van der Waals surface area contributed by atoms with E-state index in [4.69, 9.17) is 11.6 Å². The van der Waals surface area contributed by atoms with E-state index in [1.165, 1.54) is 6.07 Å². The zero-order valence-electron chi connectivity index (χ0n) is 10.3. The number of rotatable bonds is 2. The third-order valence-corrected chi connectivity index (χ3v) is 2.75. The lowest BCUT2D eigenvalue weighted by atomic mass is 10.2. The van der Waals surface area contributed by atoms with Crippen LogP contribution < -0.4 is 10.6 Å². The van der Waals surface area contributed by atoms with Gasteiger partial charge in [-0.2, -0.15) is 0 Å². The Hall–Kier alpha value is -2.20. The van der Waals surface area contributed by atoms with Gasteiger partial charge < -0.3 is 15.7 Å². The SMILES string of the molecule is Cc1ccc(O)c(NC(=O)Nc2ccc(Cl)cc2)c1. The summed E-state index contributed by atoms with van der Waals surface area (Å²) in [6.45, 7) is 1.88. The van der Waals surface area contributed by atoms with Crippen molar-refractivity contribution in [1.29, 1.82) is 0 Å². The van der Waals surface area contributed by atoms with Crippen LogP contribution in [-0.4, -0.2) is 11.1 Å². The normalized spacial score (nSPS) is 10.0. The van der Waals surface area contributed by atoms with E-state index >= 15 is 0 Å². The summed E-state index contributed by atoms with van der Waals surface area (Å²) in [4.78, 5) is 11.8. The van der Waals surface area contributed by atoms with Gasteiger partial charge in [0.05, 0.1) is 5.69 Å². The maximum absolute atomic E-state index is 11.8. The number of benzene rings is 2. The number of hydrogen-bond acceptors (Lipinski definition) is 2. The van der Waals surface area contributed by atoms with Crippen LogP contribution in [0.4, 0.5) is 16.2 Å². The first-order chi connectivity index (χ1) is 9.04. The molecule has 5 heteroatoms. The molecule has 19 heavy (non-hydrogen) atoms. The third kappa shape index (κ3) is 3.63. The van der Waals surface area contributed by atoms with Crippen LogP contribution in [0.25, 0.3) is 0 Å². The summed E-state index contributed by atoms with van der Waals surface area (Å²) < 4.78 is 0. The second-order valence-corrected chi connectivity index (χ2v) is 4.54. The molecule has 0 fully saturated rings. The van der Waals surface area contributed by atoms with E-state index in [-0.39, 0.29) is 5.75 Å². The van der Waals surface area contributed by atoms with Gasteiger partial charge in [0.2, 0.25) is 0 Å². The van der Waals surface area contributed by atoms with Crippen molar-refractivity contribution in [1.82, 2.24) is 0 Å². The van der Waals surface area contributed by atoms with Crippen molar-refractivity contribution < 1.29 is 9.90 Å². The molecular formula is C14H13ClN2O2. The Morgan fingerprint density at radius 2 is 1.79 bits per heavy atom. The van der Waals surface area contributed by atoms with E-state index in [0.717, 1.165) is 5.56 Å². The minimum atomic E-state index is -0.428. The second kappa shape index (κ2) is 5.63. The molecule has 0 bridgehead atoms. The van der Waals surface area contributed by atoms with E-state index in [1.807, 2.05) is 6.92 Å². The molecule has 0 unspecified atom stereocenters. The van der Waals surface area contributed by atoms with Crippen molar-refractivity contribution in [2.24, 2.45) is 0 Å². The van der Waals surface area contributed by atoms with Gasteiger partial charge in [-0.1, -0.05) is 17.7 Å². The number of aryl methyl sites for hydroxylation is 1. The number of urea groups is 1. The Balaban J connectivity index is 2.05. The molecular weight excluding hydrogens is 264 g/mol. The molecule has 2 rings (SSSR count). The molecule has 0 atom stereocenters. The molecule has 0 aliphatic heterocycles. The van der Waals surface area contributed by atoms with Crippen LogP contribution >= 0.6 is 11.6 Å². The largest absolute Gasteiger partial charge is 0.506 e. The molecule has 0 aliphatic rings. The summed E-state index contributed by atoms with van der Waals surface area (Å²) in [5.41, 5.74) is 1.93. The van der Waals surface area contributed by atoms with E-state index in [9.17, 15) is 9.90 Å². The Labute approximate surface area is 116 Å². The zero-order chi connectivity index (χ0) is 13.8. The van der Waals surface area contributed by atoms with Gasteiger partial charge in [0, 0.05) is 10.7 Å². The summed E-state index contributed by atoms with van der Waals surface area (Å²) in [6, 6.07) is 11.3. The number of hydrogen-bond donors (Lipinski definition) is 3. The Morgan fingerprint density at radius 1 is 1.11 bits per heavy atom. The van der Waals surface area contributed by atoms with Gasteiger partial charge in [-0.25, -0.2) is 4.79 Å². The van der Waals surface area contributed by atoms with Crippen molar-refractivity contribution >= 4 is 29.0 Å². The fraction of sp³-hybridized carbons (Fsp3) is 0.0714. The predicted molar refractivity (Wildman–Crippen MR) is 76.9 cm³/mol. The zero-order valence-corrected chi connectivity index (χ0v) is 11.0. The highest BCUT2D eigenvalue weighted by atomic mass is 35.5. The Morgan fingerprint density at radius 3 is 2.47 bits per heavy atom. The van der Waals surface area contributed by atoms with Crippen LogP contribution in [0.5, 0.6) is 5.75 Å². The van der Waals surface area contributed by atoms with E-state index in [0.29, 0.717) is 16.4 Å². The lowest BCUT2D eigenvalue weighted by Crippen LogP contribution is -2.19. The molecule has 2 aromatic carbocycles. The number of amides is 2. The smallest absolute Gasteiger partial charge is 0.323 e. The summed E-state index contributed by atoms with van der Waals surface area (Å²) >= 11 is 5.75. The van der Waals surface area contributed by atoms with Crippen molar-refractivity contribution in [2.45, 2.75) is 6.92 Å². The molecule has 0 radical (unpaired) electrons. The summed E-state index contributed by atoms with van der Waals surface area (Å²) in [5.74, 6) is 0.0249. The van der Waals surface area contributed by atoms with Crippen LogP contribution in [0.15, 0.2) is 42.5 Å². The fourth-order valence-electron chi connectivity index (χ4n) is 1.57. The third-order valence-electron chi connectivity index (χ3n) is 2.50. The topological polar surface area (TPSA) is 61.4 Å². The number of nitrogens with one attached hydrogen (secondary N) is 2. The average molecular weight is 277 g/mol. The first kappa shape index (κ1) is 13.2. The maximum Gasteiger partial charge on any atom is 0.323 e. The fourth-order valence-corrected chi connectivity index (χ4v) is 1.69. The molecule has 0 spiro atoms. The maximum atomic E-state index is 11.8. The number of carbonyl (C=O) groups excluding carboxylic acids is 1. The average Bonchev–Trinajstić information content (AvgIpc) is 2.37. The van der Waals surface area contributed by atoms with Gasteiger partial charge >= 0.3 is 6.03 Å². The Kier molecular flexibility index (Phi) is 3.92. The van der Waals surface area contributed by atoms with E-state index in [2.05, 4.69) is 10.6 Å². The van der Waals surface area contributed by atoms with Crippen LogP contribution in [0.3, 0.4) is 0 Å². The summed E-state index contributed by atoms with van der Waals surface area (Å²) in [7, 11) is 0. The molecule has 4 nitrogen and oxygen atoms in total. The molecule has 0 saturated carbocycles. The quantitative estimate of drug-likeness (QED) is 0.726. The number of halogens is 1. The van der Waals surface area contributed by atoms with Gasteiger partial charge in [-0.15, -0.1) is 0 Å². The first-order valence-corrected chi connectivity index (χ1v) is 6.05. The van der Waals surface area contributed by atoms with Gasteiger partial charge in [0.25, 0.3) is 0 Å². The van der Waals surface area contributed by atoms with Crippen molar-refractivity contribution in [2.75, 3.05) is 10.6 Å². The lowest BCUT2D eigenvalue weighted by molar-refractivity contribution is 0.262. The van der Waals surface area contributed by atoms with Crippen LogP contribution in [0, 0.1) is 6.92 Å². The minimum Gasteiger partial charge on any atom is -0.506 e. The van der Waals surface area contributed by atoms with Gasteiger partial charge in [0.15, 0.2) is 0 Å². The molecule has 0 aliphatic carbocycles. The first-order valence-electron chi connectivity index (χ1n) is 5.68. The van der Waals surface area contributed by atoms with E-state index in [1.54, 1.807) is 36.4 Å². The molecule has 2 aromatic rings. The van der Waals surface area contributed by atoms with Gasteiger partial charge in [-0.3, -0.25) is 0 Å². The molecule has 98 valence electrons. The second-order valence-electron chi connectivity index (χ2n) is 4.11. The molecule has 3 N–H and O–H groups in total. The highest BCUT2D eigenvalue weighted by Crippen LogP contribution is 2.24. The van der Waals surface area contributed by atoms with Crippen LogP contribution in [0.1, 0.15) is 5.56 Å². The minimum absolute atomic E-state index is 0.0249. The number of phenolic OH excluding ortho intramolecular Hbond substituents is 1. The molecule has 2 amide bonds. The van der Waals surface area contributed by atoms with Gasteiger partial charge in [-0.05, 0) is 48.9 Å². The van der Waals surface area contributed by atoms with Crippen molar-refractivity contribution in [3.8, 4) is 5.75 Å². The molecule has 0 aromatic heterocycles. The number of carbonyl (C=O) groups is 1. The highest BCUT2D eigenvalue weighted by Gasteiger charge is 2.06. The predicted octanol–water partition coefficient (Wildman–Crippen LogP) is 4.00. The van der Waals surface area contributed by atoms with Crippen molar-refractivity contribution in [3.05, 3.63) is 53.1 Å². The summed E-state index contributed by atoms with van der Waals surface area (Å²) in [5, 5.41) is 15.5. The number of phenols is 1. The van der Waals surface area contributed by atoms with Gasteiger partial charge in [0.1, 0.15) is 5.75 Å².